The summed E-state index contributed by atoms with van der Waals surface area (Å²) in [5.74, 6) is 0.0605. The summed E-state index contributed by atoms with van der Waals surface area (Å²) in [6.45, 7) is 11.7. The highest BCUT2D eigenvalue weighted by atomic mass is 31.2. The summed E-state index contributed by atoms with van der Waals surface area (Å²) in [7, 11) is -9.88. The number of hydrogen-bond acceptors (Lipinski definition) is 15. The number of phosphoric acid groups is 2. The predicted octanol–water partition coefficient (Wildman–Crippen LogP) is 17.1. The number of aliphatic hydroxyl groups excluding tert-OH is 1. The van der Waals surface area contributed by atoms with E-state index in [0.29, 0.717) is 31.6 Å². The van der Waals surface area contributed by atoms with E-state index in [9.17, 15) is 43.2 Å². The smallest absolute Gasteiger partial charge is 0.462 e. The summed E-state index contributed by atoms with van der Waals surface area (Å²) in [5, 5.41) is 10.5. The van der Waals surface area contributed by atoms with Crippen LogP contribution in [0.5, 0.6) is 0 Å². The number of ether oxygens (including phenoxy) is 4. The second-order valence-electron chi connectivity index (χ2n) is 23.8. The molecule has 0 saturated carbocycles. The molecule has 7 atom stereocenters. The fourth-order valence-electron chi connectivity index (χ4n) is 9.24. The van der Waals surface area contributed by atoms with Crippen molar-refractivity contribution in [3.63, 3.8) is 0 Å². The number of phosphoric ester groups is 2. The van der Waals surface area contributed by atoms with E-state index >= 15 is 0 Å². The predicted molar refractivity (Wildman–Crippen MR) is 326 cm³/mol. The van der Waals surface area contributed by atoms with Gasteiger partial charge >= 0.3 is 39.5 Å². The maximum absolute atomic E-state index is 13.0. The highest BCUT2D eigenvalue weighted by Crippen LogP contribution is 2.45. The van der Waals surface area contributed by atoms with Gasteiger partial charge in [0.2, 0.25) is 0 Å². The lowest BCUT2D eigenvalue weighted by atomic mass is 9.99. The molecule has 0 saturated heterocycles. The normalized spacial score (nSPS) is 15.1. The van der Waals surface area contributed by atoms with Crippen LogP contribution in [0, 0.1) is 17.8 Å². The van der Waals surface area contributed by atoms with Gasteiger partial charge in [0, 0.05) is 25.7 Å². The van der Waals surface area contributed by atoms with Crippen LogP contribution in [0.2, 0.25) is 0 Å². The quantitative estimate of drug-likeness (QED) is 0.0222. The third-order valence-electron chi connectivity index (χ3n) is 15.1. The Morgan fingerprint density at radius 3 is 0.927 bits per heavy atom. The van der Waals surface area contributed by atoms with Crippen LogP contribution in [0.4, 0.5) is 0 Å². The number of carbonyl (C=O) groups is 4. The van der Waals surface area contributed by atoms with Crippen molar-refractivity contribution in [2.45, 2.75) is 324 Å². The van der Waals surface area contributed by atoms with E-state index in [4.69, 9.17) is 37.0 Å². The summed E-state index contributed by atoms with van der Waals surface area (Å²) in [6, 6.07) is 0. The molecule has 486 valence electrons. The Bertz CT molecular complexity index is 1630. The Morgan fingerprint density at radius 1 is 0.354 bits per heavy atom. The molecule has 0 aliphatic heterocycles. The van der Waals surface area contributed by atoms with Gasteiger partial charge in [-0.1, -0.05) is 254 Å². The minimum absolute atomic E-state index is 0.102. The molecule has 0 heterocycles. The molecule has 0 bridgehead atoms. The van der Waals surface area contributed by atoms with Gasteiger partial charge in [-0.15, -0.1) is 0 Å². The lowest BCUT2D eigenvalue weighted by Crippen LogP contribution is -2.30. The molecule has 0 spiro atoms. The molecular weight excluding hydrogens is 1090 g/mol. The molecule has 3 N–H and O–H groups in total. The standard InChI is InChI=1S/C63H122O17P2/c1-8-11-12-13-14-17-21-30-37-44-60(65)73-50-59(80-63(68)47-40-33-25-23-27-34-41-54(4)5)53-78-82(71,72)76-49-57(64)48-75-81(69,70)77-52-58(51-74-61(66)45-38-31-26-24-29-36-43-56(7)10-3)79-62(67)46-39-32-22-19-16-15-18-20-28-35-42-55(6)9-2/h54-59,64H,8-53H2,1-7H3,(H,69,70)(H,71,72)/t55?,56?,57-,58-,59-/m1/s1. The summed E-state index contributed by atoms with van der Waals surface area (Å²) >= 11 is 0. The Hall–Kier alpha value is -1.94. The van der Waals surface area contributed by atoms with Crippen molar-refractivity contribution in [1.82, 2.24) is 0 Å². The largest absolute Gasteiger partial charge is 0.472 e. The molecule has 0 aromatic rings. The maximum atomic E-state index is 13.0. The number of carbonyl (C=O) groups excluding carboxylic acids is 4. The van der Waals surface area contributed by atoms with Crippen molar-refractivity contribution in [3.05, 3.63) is 0 Å². The van der Waals surface area contributed by atoms with Gasteiger partial charge in [0.05, 0.1) is 26.4 Å². The van der Waals surface area contributed by atoms with Gasteiger partial charge in [0.25, 0.3) is 0 Å². The van der Waals surface area contributed by atoms with E-state index in [1.807, 2.05) is 0 Å². The van der Waals surface area contributed by atoms with Gasteiger partial charge in [-0.05, 0) is 43.4 Å². The second kappa shape index (κ2) is 54.5. The van der Waals surface area contributed by atoms with E-state index in [-0.39, 0.29) is 25.7 Å². The highest BCUT2D eigenvalue weighted by Gasteiger charge is 2.30. The summed E-state index contributed by atoms with van der Waals surface area (Å²) in [4.78, 5) is 72.1. The number of aliphatic hydroxyl groups is 1. The Kier molecular flexibility index (Phi) is 53.2. The van der Waals surface area contributed by atoms with Gasteiger partial charge in [-0.25, -0.2) is 9.13 Å². The van der Waals surface area contributed by atoms with E-state index in [0.717, 1.165) is 108 Å². The first-order valence-corrected chi connectivity index (χ1v) is 35.9. The third-order valence-corrected chi connectivity index (χ3v) is 17.0. The first-order chi connectivity index (χ1) is 39.3. The number of unbranched alkanes of at least 4 members (excludes halogenated alkanes) is 27. The van der Waals surface area contributed by atoms with Crippen molar-refractivity contribution in [1.29, 1.82) is 0 Å². The lowest BCUT2D eigenvalue weighted by Gasteiger charge is -2.21. The van der Waals surface area contributed by atoms with Crippen molar-refractivity contribution >= 4 is 39.5 Å². The number of esters is 4. The Balaban J connectivity index is 5.24. The third kappa shape index (κ3) is 54.7. The highest BCUT2D eigenvalue weighted by molar-refractivity contribution is 7.47. The molecule has 0 amide bonds. The monoisotopic (exact) mass is 1210 g/mol. The molecule has 0 radical (unpaired) electrons. The van der Waals surface area contributed by atoms with Crippen LogP contribution in [0.25, 0.3) is 0 Å². The molecule has 17 nitrogen and oxygen atoms in total. The molecule has 82 heavy (non-hydrogen) atoms. The first kappa shape index (κ1) is 80.1. The van der Waals surface area contributed by atoms with Gasteiger partial charge in [-0.3, -0.25) is 37.3 Å². The van der Waals surface area contributed by atoms with Crippen molar-refractivity contribution in [2.75, 3.05) is 39.6 Å². The molecular formula is C63H122O17P2. The maximum Gasteiger partial charge on any atom is 0.472 e. The molecule has 0 fully saturated rings. The molecule has 0 aliphatic rings. The average molecular weight is 1210 g/mol. The van der Waals surface area contributed by atoms with Crippen molar-refractivity contribution in [2.24, 2.45) is 17.8 Å². The molecule has 0 aromatic heterocycles. The Morgan fingerprint density at radius 2 is 0.622 bits per heavy atom. The SMILES string of the molecule is CCCCCCCCCCCC(=O)OC[C@H](COP(=O)(O)OC[C@H](O)COP(=O)(O)OC[C@@H](COC(=O)CCCCCCCCC(C)CC)OC(=O)CCCCCCCCCCCCC(C)CC)OC(=O)CCCCCCCCC(C)C. The summed E-state index contributed by atoms with van der Waals surface area (Å²) in [5.41, 5.74) is 0. The van der Waals surface area contributed by atoms with Gasteiger partial charge in [-0.2, -0.15) is 0 Å². The molecule has 0 aliphatic carbocycles. The number of rotatable bonds is 61. The average Bonchev–Trinajstić information content (AvgIpc) is 3.46. The molecule has 0 rings (SSSR count). The lowest BCUT2D eigenvalue weighted by molar-refractivity contribution is -0.161. The van der Waals surface area contributed by atoms with E-state index < -0.39 is 97.5 Å². The van der Waals surface area contributed by atoms with Crippen LogP contribution >= 0.6 is 15.6 Å². The zero-order chi connectivity index (χ0) is 61.0. The van der Waals surface area contributed by atoms with E-state index in [1.165, 1.54) is 109 Å². The van der Waals surface area contributed by atoms with Gasteiger partial charge < -0.3 is 33.8 Å². The van der Waals surface area contributed by atoms with Crippen molar-refractivity contribution < 1.29 is 80.2 Å². The summed E-state index contributed by atoms with van der Waals surface area (Å²) < 4.78 is 67.9. The molecule has 0 aromatic carbocycles. The van der Waals surface area contributed by atoms with Crippen LogP contribution in [0.3, 0.4) is 0 Å². The van der Waals surface area contributed by atoms with Crippen LogP contribution in [0.1, 0.15) is 305 Å². The van der Waals surface area contributed by atoms with E-state index in [2.05, 4.69) is 48.5 Å². The zero-order valence-electron chi connectivity index (χ0n) is 52.9. The first-order valence-electron chi connectivity index (χ1n) is 32.9. The van der Waals surface area contributed by atoms with Crippen LogP contribution in [-0.4, -0.2) is 96.7 Å². The van der Waals surface area contributed by atoms with Crippen molar-refractivity contribution in [3.8, 4) is 0 Å². The van der Waals surface area contributed by atoms with E-state index in [1.54, 1.807) is 0 Å². The zero-order valence-corrected chi connectivity index (χ0v) is 54.7. The number of hydrogen-bond donors (Lipinski definition) is 3. The minimum atomic E-state index is -4.94. The molecule has 4 unspecified atom stereocenters. The fourth-order valence-corrected chi connectivity index (χ4v) is 10.8. The van der Waals surface area contributed by atoms with Crippen LogP contribution < -0.4 is 0 Å². The van der Waals surface area contributed by atoms with Gasteiger partial charge in [0.1, 0.15) is 19.3 Å². The summed E-state index contributed by atoms with van der Waals surface area (Å²) in [6.07, 6.45) is 34.9. The second-order valence-corrected chi connectivity index (χ2v) is 26.7. The molecule has 19 heteroatoms. The van der Waals surface area contributed by atoms with Crippen LogP contribution in [-0.2, 0) is 65.4 Å². The minimum Gasteiger partial charge on any atom is -0.462 e. The van der Waals surface area contributed by atoms with Crippen LogP contribution in [0.15, 0.2) is 0 Å². The fraction of sp³-hybridized carbons (Fsp3) is 0.937. The topological polar surface area (TPSA) is 237 Å². The Labute approximate surface area is 498 Å². The van der Waals surface area contributed by atoms with Gasteiger partial charge in [0.15, 0.2) is 12.2 Å².